The molecule has 0 unspecified atom stereocenters. The van der Waals surface area contributed by atoms with E-state index in [9.17, 15) is 0 Å². The summed E-state index contributed by atoms with van der Waals surface area (Å²) in [6, 6.07) is 3.94. The maximum absolute atomic E-state index is 5.97. The first-order chi connectivity index (χ1) is 8.15. The predicted octanol–water partition coefficient (Wildman–Crippen LogP) is 2.74. The Morgan fingerprint density at radius 3 is 2.65 bits per heavy atom. The number of aromatic nitrogens is 3. The minimum absolute atomic E-state index is 0.625. The van der Waals surface area contributed by atoms with Crippen LogP contribution >= 0.6 is 15.9 Å². The average molecular weight is 295 g/mol. The summed E-state index contributed by atoms with van der Waals surface area (Å²) in [7, 11) is 0. The largest absolute Gasteiger partial charge is 0.396 e. The Balaban J connectivity index is 2.55. The zero-order chi connectivity index (χ0) is 12.4. The summed E-state index contributed by atoms with van der Waals surface area (Å²) >= 11 is 3.35. The lowest BCUT2D eigenvalue weighted by molar-refractivity contribution is 0.774. The van der Waals surface area contributed by atoms with Crippen LogP contribution in [0.3, 0.4) is 0 Å². The predicted molar refractivity (Wildman–Crippen MR) is 72.2 cm³/mol. The highest BCUT2D eigenvalue weighted by atomic mass is 79.9. The number of nitrogens with zero attached hydrogens (tertiary/aromatic N) is 3. The van der Waals surface area contributed by atoms with E-state index in [1.165, 1.54) is 0 Å². The van der Waals surface area contributed by atoms with Crippen molar-refractivity contribution in [3.8, 4) is 5.82 Å². The fraction of sp³-hybridized carbons (Fsp3) is 0.333. The SMILES string of the molecule is CCc1cc(CC)n(-c2ncc(Br)cc2N)n1. The maximum Gasteiger partial charge on any atom is 0.176 e. The van der Waals surface area contributed by atoms with Crippen LogP contribution in [0, 0.1) is 0 Å². The minimum Gasteiger partial charge on any atom is -0.396 e. The first-order valence-corrected chi connectivity index (χ1v) is 6.44. The third kappa shape index (κ3) is 2.34. The van der Waals surface area contributed by atoms with Crippen molar-refractivity contribution in [2.75, 3.05) is 5.73 Å². The second-order valence-corrected chi connectivity index (χ2v) is 4.73. The topological polar surface area (TPSA) is 56.7 Å². The molecule has 2 aromatic rings. The van der Waals surface area contributed by atoms with E-state index in [2.05, 4.69) is 45.9 Å². The van der Waals surface area contributed by atoms with Crippen molar-refractivity contribution in [2.45, 2.75) is 26.7 Å². The van der Waals surface area contributed by atoms with Crippen LogP contribution in [0.2, 0.25) is 0 Å². The van der Waals surface area contributed by atoms with Crippen LogP contribution in [0.5, 0.6) is 0 Å². The van der Waals surface area contributed by atoms with Crippen LogP contribution in [0.4, 0.5) is 5.69 Å². The molecule has 0 aliphatic heterocycles. The van der Waals surface area contributed by atoms with E-state index in [4.69, 9.17) is 5.73 Å². The molecule has 0 spiro atoms. The molecule has 0 amide bonds. The van der Waals surface area contributed by atoms with Crippen molar-refractivity contribution in [1.82, 2.24) is 14.8 Å². The standard InChI is InChI=1S/C12H15BrN4/c1-3-9-6-10(4-2)17(16-9)12-11(14)5-8(13)7-15-12/h5-7H,3-4,14H2,1-2H3. The second-order valence-electron chi connectivity index (χ2n) is 3.81. The third-order valence-corrected chi connectivity index (χ3v) is 3.05. The number of hydrogen-bond acceptors (Lipinski definition) is 3. The number of nitrogen functional groups attached to an aromatic ring is 1. The van der Waals surface area contributed by atoms with Crippen LogP contribution in [0.15, 0.2) is 22.8 Å². The van der Waals surface area contributed by atoms with E-state index in [-0.39, 0.29) is 0 Å². The normalized spacial score (nSPS) is 10.8. The third-order valence-electron chi connectivity index (χ3n) is 2.62. The van der Waals surface area contributed by atoms with Crippen LogP contribution in [-0.2, 0) is 12.8 Å². The van der Waals surface area contributed by atoms with Crippen molar-refractivity contribution >= 4 is 21.6 Å². The van der Waals surface area contributed by atoms with Crippen LogP contribution in [0.1, 0.15) is 25.2 Å². The van der Waals surface area contributed by atoms with Crippen LogP contribution < -0.4 is 5.73 Å². The molecule has 0 aliphatic carbocycles. The summed E-state index contributed by atoms with van der Waals surface area (Å²) in [5, 5.41) is 4.52. The van der Waals surface area contributed by atoms with E-state index < -0.39 is 0 Å². The first-order valence-electron chi connectivity index (χ1n) is 5.64. The van der Waals surface area contributed by atoms with Crippen LogP contribution in [-0.4, -0.2) is 14.8 Å². The maximum atomic E-state index is 5.97. The second kappa shape index (κ2) is 4.87. The van der Waals surface area contributed by atoms with Crippen molar-refractivity contribution in [2.24, 2.45) is 0 Å². The molecule has 5 heteroatoms. The van der Waals surface area contributed by atoms with Gasteiger partial charge in [0, 0.05) is 16.4 Å². The Morgan fingerprint density at radius 1 is 1.29 bits per heavy atom. The molecule has 0 aliphatic rings. The summed E-state index contributed by atoms with van der Waals surface area (Å²) in [6.07, 6.45) is 3.55. The summed E-state index contributed by atoms with van der Waals surface area (Å²) < 4.78 is 2.71. The number of hydrogen-bond donors (Lipinski definition) is 1. The molecule has 4 nitrogen and oxygen atoms in total. The highest BCUT2D eigenvalue weighted by Gasteiger charge is 2.11. The average Bonchev–Trinajstić information content (AvgIpc) is 2.72. The molecule has 2 aromatic heterocycles. The van der Waals surface area contributed by atoms with Gasteiger partial charge in [-0.15, -0.1) is 0 Å². The Labute approximate surface area is 109 Å². The fourth-order valence-electron chi connectivity index (χ4n) is 1.71. The van der Waals surface area contributed by atoms with E-state index in [1.54, 1.807) is 6.20 Å². The number of pyridine rings is 1. The molecule has 17 heavy (non-hydrogen) atoms. The van der Waals surface area contributed by atoms with Gasteiger partial charge >= 0.3 is 0 Å². The minimum atomic E-state index is 0.625. The first kappa shape index (κ1) is 12.1. The quantitative estimate of drug-likeness (QED) is 0.947. The number of aryl methyl sites for hydroxylation is 2. The smallest absolute Gasteiger partial charge is 0.176 e. The fourth-order valence-corrected chi connectivity index (χ4v) is 2.06. The summed E-state index contributed by atoms with van der Waals surface area (Å²) in [4.78, 5) is 4.33. The van der Waals surface area contributed by atoms with Crippen molar-refractivity contribution in [3.63, 3.8) is 0 Å². The molecular weight excluding hydrogens is 280 g/mol. The van der Waals surface area contributed by atoms with E-state index in [0.29, 0.717) is 11.5 Å². The molecular formula is C12H15BrN4. The molecule has 2 rings (SSSR count). The Kier molecular flexibility index (Phi) is 3.47. The molecule has 0 atom stereocenters. The molecule has 0 bridgehead atoms. The Bertz CT molecular complexity index is 533. The van der Waals surface area contributed by atoms with Gasteiger partial charge in [-0.1, -0.05) is 13.8 Å². The molecule has 90 valence electrons. The van der Waals surface area contributed by atoms with Gasteiger partial charge in [-0.05, 0) is 40.9 Å². The Morgan fingerprint density at radius 2 is 2.06 bits per heavy atom. The molecule has 0 radical (unpaired) electrons. The summed E-state index contributed by atoms with van der Waals surface area (Å²) in [5.41, 5.74) is 8.79. The number of halogens is 1. The summed E-state index contributed by atoms with van der Waals surface area (Å²) in [5.74, 6) is 0.699. The molecule has 0 saturated heterocycles. The summed E-state index contributed by atoms with van der Waals surface area (Å²) in [6.45, 7) is 4.19. The lowest BCUT2D eigenvalue weighted by Gasteiger charge is -2.07. The van der Waals surface area contributed by atoms with Gasteiger partial charge < -0.3 is 5.73 Å². The Hall–Kier alpha value is -1.36. The molecule has 0 fully saturated rings. The van der Waals surface area contributed by atoms with E-state index in [1.807, 2.05) is 10.7 Å². The molecule has 0 aromatic carbocycles. The van der Waals surface area contributed by atoms with Gasteiger partial charge in [0.1, 0.15) is 0 Å². The van der Waals surface area contributed by atoms with Gasteiger partial charge in [0.05, 0.1) is 11.4 Å². The number of anilines is 1. The number of rotatable bonds is 3. The molecule has 2 N–H and O–H groups in total. The van der Waals surface area contributed by atoms with Crippen LogP contribution in [0.25, 0.3) is 5.82 Å². The number of nitrogens with two attached hydrogens (primary N) is 1. The van der Waals surface area contributed by atoms with E-state index in [0.717, 1.165) is 28.7 Å². The lowest BCUT2D eigenvalue weighted by atomic mass is 10.2. The van der Waals surface area contributed by atoms with Gasteiger partial charge in [0.25, 0.3) is 0 Å². The highest BCUT2D eigenvalue weighted by Crippen LogP contribution is 2.21. The van der Waals surface area contributed by atoms with Crippen molar-refractivity contribution in [3.05, 3.63) is 34.2 Å². The van der Waals surface area contributed by atoms with Crippen molar-refractivity contribution < 1.29 is 0 Å². The highest BCUT2D eigenvalue weighted by molar-refractivity contribution is 9.10. The van der Waals surface area contributed by atoms with Gasteiger partial charge in [-0.25, -0.2) is 9.67 Å². The van der Waals surface area contributed by atoms with E-state index >= 15 is 0 Å². The van der Waals surface area contributed by atoms with Crippen molar-refractivity contribution in [1.29, 1.82) is 0 Å². The molecule has 2 heterocycles. The van der Waals surface area contributed by atoms with Gasteiger partial charge in [-0.3, -0.25) is 0 Å². The molecule has 0 saturated carbocycles. The van der Waals surface area contributed by atoms with Gasteiger partial charge in [-0.2, -0.15) is 5.10 Å². The van der Waals surface area contributed by atoms with Gasteiger partial charge in [0.2, 0.25) is 0 Å². The van der Waals surface area contributed by atoms with Gasteiger partial charge in [0.15, 0.2) is 5.82 Å². The lowest BCUT2D eigenvalue weighted by Crippen LogP contribution is -2.07. The monoisotopic (exact) mass is 294 g/mol. The zero-order valence-corrected chi connectivity index (χ0v) is 11.5. The zero-order valence-electron chi connectivity index (χ0n) is 9.94.